The molecule has 3 nitrogen and oxygen atoms in total. The van der Waals surface area contributed by atoms with Gasteiger partial charge in [-0.15, -0.1) is 0 Å². The van der Waals surface area contributed by atoms with Crippen LogP contribution in [-0.4, -0.2) is 11.4 Å². The van der Waals surface area contributed by atoms with Crippen LogP contribution in [0.3, 0.4) is 0 Å². The van der Waals surface area contributed by atoms with Crippen LogP contribution in [0, 0.1) is 0 Å². The number of fused-ring (bicyclic) bond motifs is 18. The highest BCUT2D eigenvalue weighted by molar-refractivity contribution is 6.93. The molecule has 0 saturated heterocycles. The van der Waals surface area contributed by atoms with Gasteiger partial charge in [-0.3, -0.25) is 0 Å². The second-order valence-corrected chi connectivity index (χ2v) is 22.9. The summed E-state index contributed by atoms with van der Waals surface area (Å²) in [7, 11) is 0. The Morgan fingerprint density at radius 1 is 0.485 bits per heavy atom. The highest BCUT2D eigenvalue weighted by atomic mass is 16.3. The van der Waals surface area contributed by atoms with Crippen molar-refractivity contribution in [3.63, 3.8) is 0 Å². The molecule has 4 heterocycles. The summed E-state index contributed by atoms with van der Waals surface area (Å²) in [5.74, 6) is 0. The first-order chi connectivity index (χ1) is 31.5. The van der Waals surface area contributed by atoms with Crippen molar-refractivity contribution >= 4 is 72.9 Å². The van der Waals surface area contributed by atoms with Crippen LogP contribution in [0.1, 0.15) is 103 Å². The van der Waals surface area contributed by atoms with Gasteiger partial charge in [0.1, 0.15) is 11.2 Å². The number of benzene rings is 8. The fourth-order valence-electron chi connectivity index (χ4n) is 12.9. The molecule has 320 valence electrons. The summed E-state index contributed by atoms with van der Waals surface area (Å²) in [6, 6.07) is 54.2. The summed E-state index contributed by atoms with van der Waals surface area (Å²) >= 11 is 0. The first-order valence-corrected chi connectivity index (χ1v) is 24.0. The molecule has 14 rings (SSSR count). The van der Waals surface area contributed by atoms with Crippen LogP contribution in [0.4, 0.5) is 11.4 Å². The fourth-order valence-corrected chi connectivity index (χ4v) is 12.9. The Labute approximate surface area is 387 Å². The minimum atomic E-state index is -0.173. The molecular weight excluding hydrogens is 800 g/mol. The van der Waals surface area contributed by atoms with Gasteiger partial charge in [0, 0.05) is 49.6 Å². The second-order valence-electron chi connectivity index (χ2n) is 22.9. The number of hydrogen-bond acceptors (Lipinski definition) is 2. The lowest BCUT2D eigenvalue weighted by Crippen LogP contribution is -2.60. The van der Waals surface area contributed by atoms with E-state index in [2.05, 4.69) is 218 Å². The molecule has 0 radical (unpaired) electrons. The van der Waals surface area contributed by atoms with Crippen molar-refractivity contribution in [3.05, 3.63) is 173 Å². The molecule has 2 aliphatic carbocycles. The third-order valence-corrected chi connectivity index (χ3v) is 16.5. The Morgan fingerprint density at radius 3 is 1.88 bits per heavy atom. The molecule has 0 fully saturated rings. The Bertz CT molecular complexity index is 3840. The molecule has 0 N–H and O–H groups in total. The monoisotopic (exact) mass is 852 g/mol. The lowest BCUT2D eigenvalue weighted by atomic mass is 9.43. The molecule has 2 aliphatic heterocycles. The lowest BCUT2D eigenvalue weighted by Gasteiger charge is -2.43. The highest BCUT2D eigenvalue weighted by Gasteiger charge is 2.48. The van der Waals surface area contributed by atoms with Crippen molar-refractivity contribution in [3.8, 4) is 39.1 Å². The zero-order chi connectivity index (χ0) is 45.1. The highest BCUT2D eigenvalue weighted by Crippen LogP contribution is 2.56. The van der Waals surface area contributed by atoms with Crippen LogP contribution in [0.2, 0.25) is 0 Å². The summed E-state index contributed by atoms with van der Waals surface area (Å²) in [5, 5.41) is 4.74. The van der Waals surface area contributed by atoms with Crippen LogP contribution in [0.5, 0.6) is 0 Å². The van der Waals surface area contributed by atoms with Gasteiger partial charge >= 0.3 is 6.85 Å². The van der Waals surface area contributed by atoms with Gasteiger partial charge in [0.2, 0.25) is 0 Å². The lowest BCUT2D eigenvalue weighted by molar-refractivity contribution is 0.584. The van der Waals surface area contributed by atoms with Crippen molar-refractivity contribution in [1.29, 1.82) is 0 Å². The minimum Gasteiger partial charge on any atom is -0.455 e. The maximum Gasteiger partial charge on any atom is 0.333 e. The molecule has 4 heteroatoms. The number of nitrogens with zero attached hydrogens (tertiary/aromatic N) is 2. The quantitative estimate of drug-likeness (QED) is 0.153. The molecule has 0 unspecified atom stereocenters. The van der Waals surface area contributed by atoms with Crippen LogP contribution < -0.4 is 15.7 Å². The fraction of sp³-hybridized carbons (Fsp3) is 0.226. The van der Waals surface area contributed by atoms with Gasteiger partial charge in [0.25, 0.3) is 0 Å². The third-order valence-electron chi connectivity index (χ3n) is 16.5. The van der Waals surface area contributed by atoms with E-state index in [9.17, 15) is 0 Å². The Kier molecular flexibility index (Phi) is 7.09. The maximum atomic E-state index is 6.92. The van der Waals surface area contributed by atoms with Crippen molar-refractivity contribution in [2.75, 3.05) is 4.81 Å². The van der Waals surface area contributed by atoms with E-state index in [1.807, 2.05) is 0 Å². The van der Waals surface area contributed by atoms with Gasteiger partial charge in [-0.25, -0.2) is 0 Å². The molecule has 0 atom stereocenters. The molecule has 0 spiro atoms. The van der Waals surface area contributed by atoms with Gasteiger partial charge in [-0.05, 0) is 131 Å². The molecule has 0 saturated carbocycles. The molecule has 4 aliphatic rings. The van der Waals surface area contributed by atoms with E-state index in [0.717, 1.165) is 21.9 Å². The van der Waals surface area contributed by atoms with Crippen LogP contribution >= 0.6 is 0 Å². The van der Waals surface area contributed by atoms with E-state index in [0.29, 0.717) is 0 Å². The first-order valence-electron chi connectivity index (χ1n) is 24.0. The van der Waals surface area contributed by atoms with Gasteiger partial charge in [-0.2, -0.15) is 0 Å². The predicted molar refractivity (Wildman–Crippen MR) is 280 cm³/mol. The van der Waals surface area contributed by atoms with Gasteiger partial charge < -0.3 is 13.8 Å². The Balaban J connectivity index is 1.14. The van der Waals surface area contributed by atoms with Crippen LogP contribution in [-0.2, 0) is 21.7 Å². The zero-order valence-electron chi connectivity index (χ0n) is 39.7. The summed E-state index contributed by atoms with van der Waals surface area (Å²) < 4.78 is 9.53. The van der Waals surface area contributed by atoms with E-state index >= 15 is 0 Å². The smallest absolute Gasteiger partial charge is 0.333 e. The van der Waals surface area contributed by atoms with Gasteiger partial charge in [0.05, 0.1) is 16.4 Å². The molecular formula is C62H53BN2O. The Morgan fingerprint density at radius 2 is 1.11 bits per heavy atom. The zero-order valence-corrected chi connectivity index (χ0v) is 39.7. The largest absolute Gasteiger partial charge is 0.455 e. The number of aromatic nitrogens is 1. The van der Waals surface area contributed by atoms with E-state index in [-0.39, 0.29) is 28.5 Å². The number of para-hydroxylation sites is 1. The summed E-state index contributed by atoms with van der Waals surface area (Å²) in [4.78, 5) is 2.72. The molecule has 2 aromatic heterocycles. The molecule has 10 aromatic rings. The standard InChI is InChI=1S/C62H53BN2O/c1-59(2,3)34-19-22-36(23-20-34)65-52-31-43-38-24-21-35(60(4,5)6)29-47(38)62(9,10)48(43)30-45(52)40-25-26-42-55-51(28-27-41-39-16-12-14-18-54(39)66-58(41)55)64-53-32-44-37-15-11-13-17-46(37)61(7,8)49(44)33-50(53)63(65)56(40)57(42)64/h11-33H,1-10H3. The molecule has 0 bridgehead atoms. The minimum absolute atomic E-state index is 0.0284. The van der Waals surface area contributed by atoms with Gasteiger partial charge in [0.15, 0.2) is 0 Å². The van der Waals surface area contributed by atoms with E-state index in [1.165, 1.54) is 117 Å². The molecule has 0 amide bonds. The summed E-state index contributed by atoms with van der Waals surface area (Å²) in [6.07, 6.45) is 0. The second kappa shape index (κ2) is 12.2. The van der Waals surface area contributed by atoms with Crippen molar-refractivity contribution < 1.29 is 4.42 Å². The normalized spacial score (nSPS) is 15.9. The molecule has 66 heavy (non-hydrogen) atoms. The van der Waals surface area contributed by atoms with Crippen molar-refractivity contribution in [2.24, 2.45) is 0 Å². The van der Waals surface area contributed by atoms with E-state index < -0.39 is 0 Å². The Hall–Kier alpha value is -6.78. The van der Waals surface area contributed by atoms with Gasteiger partial charge in [-0.1, -0.05) is 160 Å². The van der Waals surface area contributed by atoms with Crippen molar-refractivity contribution in [2.45, 2.75) is 90.9 Å². The first kappa shape index (κ1) is 38.5. The predicted octanol–water partition coefficient (Wildman–Crippen LogP) is 15.1. The molecule has 8 aromatic carbocycles. The summed E-state index contributed by atoms with van der Waals surface area (Å²) in [5.41, 5.74) is 26.8. The maximum absolute atomic E-state index is 6.92. The number of hydrogen-bond donors (Lipinski definition) is 0. The number of furan rings is 1. The SMILES string of the molecule is CC(C)(C)c1ccc(N2B3c4cc5c(cc4-n4c6ccc7c8ccccc8oc7c6c6ccc(c3c64)-c3cc4c(cc32)-c2ccc(C(C)(C)C)cc2C4(C)C)-c2ccccc2C5(C)C)cc1. The van der Waals surface area contributed by atoms with Crippen molar-refractivity contribution in [1.82, 2.24) is 4.57 Å². The van der Waals surface area contributed by atoms with Crippen LogP contribution in [0.25, 0.3) is 82.8 Å². The van der Waals surface area contributed by atoms with Crippen LogP contribution in [0.15, 0.2) is 144 Å². The number of rotatable bonds is 1. The number of anilines is 2. The summed E-state index contributed by atoms with van der Waals surface area (Å²) in [6.45, 7) is 23.5. The third kappa shape index (κ3) is 4.70. The average Bonchev–Trinajstić information content (AvgIpc) is 3.97. The average molecular weight is 853 g/mol. The van der Waals surface area contributed by atoms with E-state index in [4.69, 9.17) is 4.42 Å². The van der Waals surface area contributed by atoms with E-state index in [1.54, 1.807) is 0 Å². The topological polar surface area (TPSA) is 21.3 Å².